The van der Waals surface area contributed by atoms with Crippen LogP contribution >= 0.6 is 15.9 Å². The number of likely N-dealkylation sites (tertiary alicyclic amines) is 1. The summed E-state index contributed by atoms with van der Waals surface area (Å²) in [5.41, 5.74) is -0.296. The van der Waals surface area contributed by atoms with Crippen LogP contribution in [0.4, 0.5) is 19.1 Å². The molecule has 0 amide bonds. The summed E-state index contributed by atoms with van der Waals surface area (Å²) in [6.07, 6.45) is 0.357. The highest BCUT2D eigenvalue weighted by atomic mass is 79.9. The van der Waals surface area contributed by atoms with Crippen LogP contribution in [0, 0.1) is 0 Å². The van der Waals surface area contributed by atoms with Gasteiger partial charge in [-0.1, -0.05) is 22.0 Å². The summed E-state index contributed by atoms with van der Waals surface area (Å²) in [6, 6.07) is 4.05. The topological polar surface area (TPSA) is 78.6 Å². The monoisotopic (exact) mass is 484 g/mol. The number of aromatic nitrogens is 4. The molecule has 1 fully saturated rings. The third-order valence-corrected chi connectivity index (χ3v) is 5.64. The predicted molar refractivity (Wildman–Crippen MR) is 109 cm³/mol. The minimum Gasteiger partial charge on any atom is -0.395 e. The molecule has 4 rings (SSSR count). The number of piperidine rings is 1. The predicted octanol–water partition coefficient (Wildman–Crippen LogP) is 3.44. The second-order valence-electron chi connectivity index (χ2n) is 7.22. The van der Waals surface area contributed by atoms with Gasteiger partial charge in [0.25, 0.3) is 0 Å². The Morgan fingerprint density at radius 3 is 2.87 bits per heavy atom. The van der Waals surface area contributed by atoms with Crippen molar-refractivity contribution >= 4 is 27.4 Å². The summed E-state index contributed by atoms with van der Waals surface area (Å²) < 4.78 is 42.8. The van der Waals surface area contributed by atoms with E-state index in [1.54, 1.807) is 10.5 Å². The van der Waals surface area contributed by atoms with Crippen LogP contribution in [0.3, 0.4) is 0 Å². The van der Waals surface area contributed by atoms with Crippen molar-refractivity contribution in [1.82, 2.24) is 24.5 Å². The van der Waals surface area contributed by atoms with Crippen molar-refractivity contribution in [2.75, 3.05) is 31.6 Å². The van der Waals surface area contributed by atoms with Crippen LogP contribution in [-0.2, 0) is 6.18 Å². The lowest BCUT2D eigenvalue weighted by Crippen LogP contribution is -2.43. The summed E-state index contributed by atoms with van der Waals surface area (Å²) in [4.78, 5) is 6.26. The van der Waals surface area contributed by atoms with E-state index >= 15 is 0 Å². The summed E-state index contributed by atoms with van der Waals surface area (Å²) in [6.45, 7) is 2.37. The Kier molecular flexibility index (Phi) is 5.94. The molecule has 11 heteroatoms. The van der Waals surface area contributed by atoms with Crippen LogP contribution in [-0.4, -0.2) is 61.9 Å². The fourth-order valence-corrected chi connectivity index (χ4v) is 4.15. The Morgan fingerprint density at radius 2 is 2.10 bits per heavy atom. The molecule has 2 N–H and O–H groups in total. The maximum atomic E-state index is 13.6. The lowest BCUT2D eigenvalue weighted by Gasteiger charge is -2.32. The van der Waals surface area contributed by atoms with Gasteiger partial charge in [-0.05, 0) is 31.5 Å². The zero-order valence-electron chi connectivity index (χ0n) is 15.9. The van der Waals surface area contributed by atoms with Gasteiger partial charge in [0, 0.05) is 29.2 Å². The molecule has 30 heavy (non-hydrogen) atoms. The van der Waals surface area contributed by atoms with Crippen molar-refractivity contribution in [3.63, 3.8) is 0 Å². The maximum absolute atomic E-state index is 13.6. The van der Waals surface area contributed by atoms with Gasteiger partial charge in [-0.3, -0.25) is 9.30 Å². The summed E-state index contributed by atoms with van der Waals surface area (Å²) in [7, 11) is 0. The lowest BCUT2D eigenvalue weighted by atomic mass is 10.0. The number of nitrogens with zero attached hydrogens (tertiary/aromatic N) is 5. The molecule has 0 bridgehead atoms. The molecular weight excluding hydrogens is 465 g/mol. The number of nitrogens with one attached hydrogen (secondary N) is 1. The van der Waals surface area contributed by atoms with E-state index in [0.29, 0.717) is 22.5 Å². The molecule has 0 spiro atoms. The Balaban J connectivity index is 1.69. The molecule has 2 aromatic heterocycles. The van der Waals surface area contributed by atoms with Crippen molar-refractivity contribution in [3.05, 3.63) is 40.8 Å². The number of benzene rings is 1. The molecule has 1 aliphatic rings. The standard InChI is InChI=1S/C19H20BrF3N6O/c20-12-3-4-14(15(8-12)19(21,22)23)17-16-9-24-11-29(16)18(27-26-17)25-13-2-1-5-28(10-13)6-7-30/h3-4,8-9,11,13,30H,1-2,5-7,10H2,(H,25,27). The highest BCUT2D eigenvalue weighted by Gasteiger charge is 2.35. The fourth-order valence-electron chi connectivity index (χ4n) is 3.78. The second kappa shape index (κ2) is 8.48. The minimum atomic E-state index is -4.53. The average molecular weight is 485 g/mol. The molecule has 1 saturated heterocycles. The first-order valence-electron chi connectivity index (χ1n) is 9.52. The number of hydrogen-bond donors (Lipinski definition) is 2. The first-order chi connectivity index (χ1) is 14.4. The van der Waals surface area contributed by atoms with Crippen molar-refractivity contribution in [3.8, 4) is 11.3 Å². The number of hydrogen-bond acceptors (Lipinski definition) is 6. The minimum absolute atomic E-state index is 0.0537. The molecule has 1 atom stereocenters. The third kappa shape index (κ3) is 4.28. The first-order valence-corrected chi connectivity index (χ1v) is 10.3. The number of imidazole rings is 1. The van der Waals surface area contributed by atoms with Crippen LogP contribution < -0.4 is 5.32 Å². The zero-order chi connectivity index (χ0) is 21.3. The van der Waals surface area contributed by atoms with Gasteiger partial charge >= 0.3 is 6.18 Å². The van der Waals surface area contributed by atoms with E-state index in [9.17, 15) is 13.2 Å². The van der Waals surface area contributed by atoms with E-state index < -0.39 is 11.7 Å². The molecule has 1 aromatic carbocycles. The second-order valence-corrected chi connectivity index (χ2v) is 8.13. The SMILES string of the molecule is OCCN1CCCC(Nc2nnc(-c3ccc(Br)cc3C(F)(F)F)c3cncn23)C1. The van der Waals surface area contributed by atoms with Crippen molar-refractivity contribution in [1.29, 1.82) is 0 Å². The van der Waals surface area contributed by atoms with Crippen LogP contribution in [0.5, 0.6) is 0 Å². The summed E-state index contributed by atoms with van der Waals surface area (Å²) >= 11 is 3.10. The largest absolute Gasteiger partial charge is 0.417 e. The highest BCUT2D eigenvalue weighted by Crippen LogP contribution is 2.39. The quantitative estimate of drug-likeness (QED) is 0.577. The molecule has 0 radical (unpaired) electrons. The number of rotatable bonds is 5. The number of fused-ring (bicyclic) bond motifs is 1. The highest BCUT2D eigenvalue weighted by molar-refractivity contribution is 9.10. The summed E-state index contributed by atoms with van der Waals surface area (Å²) in [5, 5.41) is 20.8. The Labute approximate surface area is 179 Å². The van der Waals surface area contributed by atoms with E-state index in [-0.39, 0.29) is 23.9 Å². The fraction of sp³-hybridized carbons (Fsp3) is 0.421. The normalized spacial score (nSPS) is 18.1. The number of alkyl halides is 3. The molecule has 0 saturated carbocycles. The van der Waals surface area contributed by atoms with Gasteiger partial charge in [-0.2, -0.15) is 13.2 Å². The van der Waals surface area contributed by atoms with Crippen LogP contribution in [0.25, 0.3) is 16.8 Å². The Hall–Kier alpha value is -2.24. The van der Waals surface area contributed by atoms with Gasteiger partial charge in [0.1, 0.15) is 12.0 Å². The maximum Gasteiger partial charge on any atom is 0.417 e. The average Bonchev–Trinajstić information content (AvgIpc) is 3.19. The molecule has 0 aliphatic carbocycles. The van der Waals surface area contributed by atoms with Gasteiger partial charge in [0.05, 0.1) is 23.9 Å². The van der Waals surface area contributed by atoms with Crippen LogP contribution in [0.2, 0.25) is 0 Å². The number of halogens is 4. The van der Waals surface area contributed by atoms with E-state index in [0.717, 1.165) is 32.0 Å². The molecule has 3 heterocycles. The van der Waals surface area contributed by atoms with Crippen molar-refractivity contribution in [2.45, 2.75) is 25.1 Å². The van der Waals surface area contributed by atoms with E-state index in [1.807, 2.05) is 0 Å². The number of aliphatic hydroxyl groups excluding tert-OH is 1. The van der Waals surface area contributed by atoms with E-state index in [1.165, 1.54) is 18.6 Å². The smallest absolute Gasteiger partial charge is 0.395 e. The zero-order valence-corrected chi connectivity index (χ0v) is 17.5. The molecule has 1 unspecified atom stereocenters. The number of β-amino-alcohol motifs (C(OH)–C–C–N with tert-alkyl or cyclic N) is 1. The van der Waals surface area contributed by atoms with Gasteiger partial charge < -0.3 is 10.4 Å². The summed E-state index contributed by atoms with van der Waals surface area (Å²) in [5.74, 6) is 0.424. The van der Waals surface area contributed by atoms with Gasteiger partial charge in [-0.25, -0.2) is 4.98 Å². The Morgan fingerprint density at radius 1 is 1.27 bits per heavy atom. The first kappa shape index (κ1) is 21.0. The lowest BCUT2D eigenvalue weighted by molar-refractivity contribution is -0.137. The Bertz CT molecular complexity index is 1040. The van der Waals surface area contributed by atoms with Crippen LogP contribution in [0.15, 0.2) is 35.2 Å². The number of aliphatic hydroxyl groups is 1. The van der Waals surface area contributed by atoms with Gasteiger partial charge in [0.15, 0.2) is 0 Å². The molecule has 1 aliphatic heterocycles. The molecule has 3 aromatic rings. The van der Waals surface area contributed by atoms with Crippen LogP contribution in [0.1, 0.15) is 18.4 Å². The number of anilines is 1. The van der Waals surface area contributed by atoms with Gasteiger partial charge in [0.2, 0.25) is 5.95 Å². The van der Waals surface area contributed by atoms with E-state index in [2.05, 4.69) is 41.3 Å². The van der Waals surface area contributed by atoms with Crippen molar-refractivity contribution < 1.29 is 18.3 Å². The third-order valence-electron chi connectivity index (χ3n) is 5.15. The molecular formula is C19H20BrF3N6O. The van der Waals surface area contributed by atoms with Crippen molar-refractivity contribution in [2.24, 2.45) is 0 Å². The molecule has 7 nitrogen and oxygen atoms in total. The van der Waals surface area contributed by atoms with E-state index in [4.69, 9.17) is 5.11 Å². The van der Waals surface area contributed by atoms with Gasteiger partial charge in [-0.15, -0.1) is 10.2 Å². The molecule has 160 valence electrons.